The van der Waals surface area contributed by atoms with Crippen LogP contribution in [0, 0.1) is 5.82 Å². The number of aromatic amines is 1. The van der Waals surface area contributed by atoms with Gasteiger partial charge in [0.2, 0.25) is 5.88 Å². The van der Waals surface area contributed by atoms with Gasteiger partial charge in [-0.3, -0.25) is 4.72 Å². The molecule has 0 saturated heterocycles. The number of rotatable bonds is 6. The predicted molar refractivity (Wildman–Crippen MR) is 96.6 cm³/mol. The zero-order chi connectivity index (χ0) is 18.7. The van der Waals surface area contributed by atoms with E-state index in [2.05, 4.69) is 14.7 Å². The summed E-state index contributed by atoms with van der Waals surface area (Å²) in [6.07, 6.45) is 3.40. The molecule has 0 amide bonds. The number of sulfonamides is 1. The van der Waals surface area contributed by atoms with Gasteiger partial charge in [-0.05, 0) is 11.1 Å². The van der Waals surface area contributed by atoms with Crippen molar-refractivity contribution in [1.29, 1.82) is 0 Å². The summed E-state index contributed by atoms with van der Waals surface area (Å²) in [5, 5.41) is -0.406. The van der Waals surface area contributed by atoms with Crippen LogP contribution >= 0.6 is 11.6 Å². The number of hydrogen-bond acceptors (Lipinski definition) is 4. The first-order valence-electron chi connectivity index (χ1n) is 7.53. The van der Waals surface area contributed by atoms with Crippen molar-refractivity contribution in [3.05, 3.63) is 70.9 Å². The summed E-state index contributed by atoms with van der Waals surface area (Å²) in [5.41, 5.74) is 1.40. The lowest BCUT2D eigenvalue weighted by molar-refractivity contribution is 0.398. The quantitative estimate of drug-likeness (QED) is 0.624. The number of nitrogens with one attached hydrogen (secondary N) is 2. The van der Waals surface area contributed by atoms with E-state index in [0.717, 1.165) is 11.6 Å². The van der Waals surface area contributed by atoms with E-state index < -0.39 is 21.0 Å². The van der Waals surface area contributed by atoms with Crippen molar-refractivity contribution in [3.63, 3.8) is 0 Å². The second-order valence-corrected chi connectivity index (χ2v) is 7.44. The minimum absolute atomic E-state index is 0.0544. The number of nitrogens with zero attached hydrogens (tertiary/aromatic N) is 1. The molecular formula is C17H15ClFN3O3S. The molecule has 0 aliphatic heterocycles. The van der Waals surface area contributed by atoms with E-state index in [9.17, 15) is 12.8 Å². The second-order valence-electron chi connectivity index (χ2n) is 5.43. The van der Waals surface area contributed by atoms with E-state index in [-0.39, 0.29) is 16.5 Å². The molecule has 136 valence electrons. The summed E-state index contributed by atoms with van der Waals surface area (Å²) in [6.45, 7) is 0. The van der Waals surface area contributed by atoms with Crippen LogP contribution in [0.25, 0.3) is 0 Å². The van der Waals surface area contributed by atoms with Gasteiger partial charge in [0, 0.05) is 24.9 Å². The molecule has 6 nitrogen and oxygen atoms in total. The molecule has 3 rings (SSSR count). The number of benzene rings is 1. The lowest BCUT2D eigenvalue weighted by Gasteiger charge is -2.12. The maximum Gasteiger partial charge on any atom is 0.263 e. The van der Waals surface area contributed by atoms with Crippen molar-refractivity contribution < 1.29 is 17.5 Å². The van der Waals surface area contributed by atoms with Crippen LogP contribution < -0.4 is 9.46 Å². The molecule has 1 aromatic carbocycles. The lowest BCUT2D eigenvalue weighted by Crippen LogP contribution is -2.15. The van der Waals surface area contributed by atoms with Gasteiger partial charge in [0.15, 0.2) is 11.0 Å². The van der Waals surface area contributed by atoms with Crippen LogP contribution in [-0.2, 0) is 16.4 Å². The summed E-state index contributed by atoms with van der Waals surface area (Å²) < 4.78 is 46.5. The molecule has 0 aliphatic rings. The average molecular weight is 396 g/mol. The molecule has 0 radical (unpaired) electrons. The Morgan fingerprint density at radius 3 is 2.69 bits per heavy atom. The van der Waals surface area contributed by atoms with Crippen LogP contribution in [0.3, 0.4) is 0 Å². The lowest BCUT2D eigenvalue weighted by atomic mass is 10.1. The number of H-pyrrole nitrogens is 1. The van der Waals surface area contributed by atoms with Crippen molar-refractivity contribution in [2.45, 2.75) is 11.3 Å². The van der Waals surface area contributed by atoms with Gasteiger partial charge in [-0.25, -0.2) is 12.8 Å². The molecule has 0 aliphatic carbocycles. The normalized spacial score (nSPS) is 11.3. The first-order valence-corrected chi connectivity index (χ1v) is 9.39. The summed E-state index contributed by atoms with van der Waals surface area (Å²) >= 11 is 5.60. The smallest absolute Gasteiger partial charge is 0.263 e. The molecule has 0 saturated carbocycles. The van der Waals surface area contributed by atoms with Gasteiger partial charge >= 0.3 is 0 Å². The third kappa shape index (κ3) is 3.81. The fourth-order valence-corrected chi connectivity index (χ4v) is 3.84. The molecule has 2 aromatic heterocycles. The van der Waals surface area contributed by atoms with Gasteiger partial charge in [-0.2, -0.15) is 4.98 Å². The molecule has 0 fully saturated rings. The number of methoxy groups -OCH3 is 1. The third-order valence-electron chi connectivity index (χ3n) is 3.65. The number of halogens is 2. The minimum Gasteiger partial charge on any atom is -0.479 e. The Hall–Kier alpha value is -2.58. The van der Waals surface area contributed by atoms with Crippen molar-refractivity contribution in [2.24, 2.45) is 0 Å². The van der Waals surface area contributed by atoms with Crippen molar-refractivity contribution >= 4 is 27.3 Å². The standard InChI is InChI=1S/C17H15ClFN3O3S/c1-25-17-14(8-13(19)16(18)21-17)22-26(23,24)15-10-20-9-12(15)7-11-5-3-2-4-6-11/h2-6,8-10,20,22H,7H2,1H3. The molecular weight excluding hydrogens is 381 g/mol. The van der Waals surface area contributed by atoms with Crippen molar-refractivity contribution in [2.75, 3.05) is 11.8 Å². The monoisotopic (exact) mass is 395 g/mol. The summed E-state index contributed by atoms with van der Waals surface area (Å²) in [4.78, 5) is 6.53. The highest BCUT2D eigenvalue weighted by atomic mass is 35.5. The highest BCUT2D eigenvalue weighted by Crippen LogP contribution is 2.29. The van der Waals surface area contributed by atoms with Gasteiger partial charge in [0.25, 0.3) is 10.0 Å². The maximum atomic E-state index is 13.7. The van der Waals surface area contributed by atoms with Gasteiger partial charge in [-0.1, -0.05) is 41.9 Å². The topological polar surface area (TPSA) is 84.1 Å². The number of ether oxygens (including phenoxy) is 1. The Morgan fingerprint density at radius 2 is 2.00 bits per heavy atom. The van der Waals surface area contributed by atoms with Crippen LogP contribution in [0.4, 0.5) is 10.1 Å². The van der Waals surface area contributed by atoms with E-state index in [4.69, 9.17) is 16.3 Å². The fourth-order valence-electron chi connectivity index (χ4n) is 2.47. The predicted octanol–water partition coefficient (Wildman–Crippen LogP) is 3.60. The Bertz CT molecular complexity index is 1020. The number of hydrogen-bond donors (Lipinski definition) is 2. The van der Waals surface area contributed by atoms with Crippen LogP contribution in [0.2, 0.25) is 5.15 Å². The average Bonchev–Trinajstić information content (AvgIpc) is 3.08. The first-order chi connectivity index (χ1) is 12.4. The molecule has 3 aromatic rings. The zero-order valence-corrected chi connectivity index (χ0v) is 15.2. The third-order valence-corrected chi connectivity index (χ3v) is 5.36. The second kappa shape index (κ2) is 7.35. The number of aromatic nitrogens is 2. The molecule has 0 unspecified atom stereocenters. The molecule has 0 spiro atoms. The van der Waals surface area contributed by atoms with E-state index >= 15 is 0 Å². The van der Waals surface area contributed by atoms with E-state index in [1.54, 1.807) is 6.20 Å². The van der Waals surface area contributed by atoms with Crippen molar-refractivity contribution in [3.8, 4) is 5.88 Å². The van der Waals surface area contributed by atoms with Gasteiger partial charge in [0.05, 0.1) is 7.11 Å². The SMILES string of the molecule is COc1nc(Cl)c(F)cc1NS(=O)(=O)c1c[nH]cc1Cc1ccccc1. The minimum atomic E-state index is -3.99. The zero-order valence-electron chi connectivity index (χ0n) is 13.7. The van der Waals surface area contributed by atoms with E-state index in [1.165, 1.54) is 13.3 Å². The molecule has 0 bridgehead atoms. The Balaban J connectivity index is 1.93. The highest BCUT2D eigenvalue weighted by Gasteiger charge is 2.23. The molecule has 0 atom stereocenters. The van der Waals surface area contributed by atoms with Gasteiger partial charge < -0.3 is 9.72 Å². The summed E-state index contributed by atoms with van der Waals surface area (Å²) in [7, 11) is -2.71. The van der Waals surface area contributed by atoms with Crippen LogP contribution in [-0.4, -0.2) is 25.5 Å². The van der Waals surface area contributed by atoms with Gasteiger partial charge in [0.1, 0.15) is 10.6 Å². The molecule has 9 heteroatoms. The van der Waals surface area contributed by atoms with Crippen molar-refractivity contribution in [1.82, 2.24) is 9.97 Å². The van der Waals surface area contributed by atoms with E-state index in [1.807, 2.05) is 30.3 Å². The van der Waals surface area contributed by atoms with E-state index in [0.29, 0.717) is 12.0 Å². The fraction of sp³-hybridized carbons (Fsp3) is 0.118. The summed E-state index contributed by atoms with van der Waals surface area (Å²) in [6, 6.07) is 10.4. The summed E-state index contributed by atoms with van der Waals surface area (Å²) in [5.74, 6) is -0.983. The number of anilines is 1. The molecule has 2 N–H and O–H groups in total. The van der Waals surface area contributed by atoms with Gasteiger partial charge in [-0.15, -0.1) is 0 Å². The first kappa shape index (κ1) is 18.2. The largest absolute Gasteiger partial charge is 0.479 e. The Kier molecular flexibility index (Phi) is 5.15. The number of pyridine rings is 1. The van der Waals surface area contributed by atoms with Crippen LogP contribution in [0.1, 0.15) is 11.1 Å². The Labute approximate surface area is 155 Å². The maximum absolute atomic E-state index is 13.7. The highest BCUT2D eigenvalue weighted by molar-refractivity contribution is 7.92. The van der Waals surface area contributed by atoms with Crippen LogP contribution in [0.5, 0.6) is 5.88 Å². The molecule has 2 heterocycles. The van der Waals surface area contributed by atoms with Crippen LogP contribution in [0.15, 0.2) is 53.7 Å². The molecule has 26 heavy (non-hydrogen) atoms. The Morgan fingerprint density at radius 1 is 1.27 bits per heavy atom.